The molecule has 5 heteroatoms. The van der Waals surface area contributed by atoms with Gasteiger partial charge < -0.3 is 14.2 Å². The number of rotatable bonds is 4. The predicted molar refractivity (Wildman–Crippen MR) is 121 cm³/mol. The smallest absolute Gasteiger partial charge is 0.305 e. The molecule has 5 fully saturated rings. The highest BCUT2D eigenvalue weighted by Gasteiger charge is 2.64. The summed E-state index contributed by atoms with van der Waals surface area (Å²) in [6.45, 7) is 8.59. The SMILES string of the molecule is COC(=O)CCC(C)[C@H]1CCC2C3CC(=O)[C@H]4CC5(CC[C@]4(C)C3CC[C@@]21C)OCCO5. The highest BCUT2D eigenvalue weighted by molar-refractivity contribution is 5.83. The lowest BCUT2D eigenvalue weighted by molar-refractivity contribution is -0.226. The van der Waals surface area contributed by atoms with E-state index < -0.39 is 5.79 Å². The van der Waals surface area contributed by atoms with Crippen molar-refractivity contribution in [2.75, 3.05) is 20.3 Å². The number of Topliss-reactive ketones (excluding diaryl/α,β-unsaturated/α-hetero) is 1. The van der Waals surface area contributed by atoms with Crippen molar-refractivity contribution in [1.82, 2.24) is 0 Å². The Morgan fingerprint density at radius 3 is 2.50 bits per heavy atom. The molecule has 4 aliphatic carbocycles. The van der Waals surface area contributed by atoms with E-state index >= 15 is 0 Å². The maximum Gasteiger partial charge on any atom is 0.305 e. The fourth-order valence-corrected chi connectivity index (χ4v) is 9.35. The number of hydrogen-bond donors (Lipinski definition) is 0. The topological polar surface area (TPSA) is 61.8 Å². The number of methoxy groups -OCH3 is 1. The molecule has 0 amide bonds. The fourth-order valence-electron chi connectivity index (χ4n) is 9.35. The lowest BCUT2D eigenvalue weighted by Gasteiger charge is -2.61. The molecular formula is C27H42O5. The van der Waals surface area contributed by atoms with Gasteiger partial charge in [0.15, 0.2) is 5.79 Å². The van der Waals surface area contributed by atoms with E-state index in [1.54, 1.807) is 0 Å². The van der Waals surface area contributed by atoms with E-state index in [2.05, 4.69) is 20.8 Å². The summed E-state index contributed by atoms with van der Waals surface area (Å²) >= 11 is 0. The molecule has 180 valence electrons. The Labute approximate surface area is 193 Å². The third kappa shape index (κ3) is 3.40. The first-order valence-electron chi connectivity index (χ1n) is 13.1. The molecule has 4 unspecified atom stereocenters. The largest absolute Gasteiger partial charge is 0.469 e. The van der Waals surface area contributed by atoms with E-state index in [1.165, 1.54) is 32.8 Å². The molecular weight excluding hydrogens is 404 g/mol. The summed E-state index contributed by atoms with van der Waals surface area (Å²) in [7, 11) is 1.48. The third-order valence-electron chi connectivity index (χ3n) is 11.1. The number of ether oxygens (including phenoxy) is 3. The minimum absolute atomic E-state index is 0.0936. The quantitative estimate of drug-likeness (QED) is 0.559. The van der Waals surface area contributed by atoms with Crippen molar-refractivity contribution in [3.63, 3.8) is 0 Å². The first-order chi connectivity index (χ1) is 15.2. The predicted octanol–water partition coefficient (Wildman–Crippen LogP) is 5.16. The van der Waals surface area contributed by atoms with Gasteiger partial charge in [0, 0.05) is 31.6 Å². The molecule has 1 heterocycles. The van der Waals surface area contributed by atoms with E-state index in [9.17, 15) is 9.59 Å². The molecule has 0 aromatic carbocycles. The van der Waals surface area contributed by atoms with Crippen LogP contribution in [-0.2, 0) is 23.8 Å². The van der Waals surface area contributed by atoms with Crippen LogP contribution in [0.5, 0.6) is 0 Å². The van der Waals surface area contributed by atoms with E-state index in [-0.39, 0.29) is 17.3 Å². The number of ketones is 1. The van der Waals surface area contributed by atoms with Gasteiger partial charge in [0.1, 0.15) is 5.78 Å². The van der Waals surface area contributed by atoms with Crippen molar-refractivity contribution in [2.45, 2.75) is 90.8 Å². The van der Waals surface area contributed by atoms with Crippen LogP contribution < -0.4 is 0 Å². The summed E-state index contributed by atoms with van der Waals surface area (Å²) in [4.78, 5) is 25.3. The van der Waals surface area contributed by atoms with Crippen LogP contribution in [0.3, 0.4) is 0 Å². The maximum absolute atomic E-state index is 13.6. The molecule has 5 nitrogen and oxygen atoms in total. The van der Waals surface area contributed by atoms with Gasteiger partial charge in [0.25, 0.3) is 0 Å². The van der Waals surface area contributed by atoms with Crippen molar-refractivity contribution >= 4 is 11.8 Å². The number of fused-ring (bicyclic) bond motifs is 5. The highest BCUT2D eigenvalue weighted by Crippen LogP contribution is 2.68. The van der Waals surface area contributed by atoms with Crippen molar-refractivity contribution in [1.29, 1.82) is 0 Å². The van der Waals surface area contributed by atoms with Crippen molar-refractivity contribution in [3.8, 4) is 0 Å². The van der Waals surface area contributed by atoms with Crippen molar-refractivity contribution < 1.29 is 23.8 Å². The van der Waals surface area contributed by atoms with Gasteiger partial charge in [-0.25, -0.2) is 0 Å². The summed E-state index contributed by atoms with van der Waals surface area (Å²) in [5.41, 5.74) is 0.393. The van der Waals surface area contributed by atoms with Gasteiger partial charge in [-0.2, -0.15) is 0 Å². The molecule has 5 aliphatic rings. The zero-order valence-electron chi connectivity index (χ0n) is 20.5. The Kier molecular flexibility index (Phi) is 5.76. The zero-order chi connectivity index (χ0) is 22.7. The highest BCUT2D eigenvalue weighted by atomic mass is 16.7. The van der Waals surface area contributed by atoms with E-state index in [0.717, 1.165) is 32.1 Å². The van der Waals surface area contributed by atoms with Gasteiger partial charge in [-0.05, 0) is 78.9 Å². The van der Waals surface area contributed by atoms with Crippen molar-refractivity contribution in [3.05, 3.63) is 0 Å². The minimum Gasteiger partial charge on any atom is -0.469 e. The molecule has 1 aliphatic heterocycles. The number of hydrogen-bond acceptors (Lipinski definition) is 5. The molecule has 4 saturated carbocycles. The van der Waals surface area contributed by atoms with Gasteiger partial charge in [0.2, 0.25) is 0 Å². The summed E-state index contributed by atoms with van der Waals surface area (Å²) < 4.78 is 16.9. The van der Waals surface area contributed by atoms with Crippen molar-refractivity contribution in [2.24, 2.45) is 46.3 Å². The van der Waals surface area contributed by atoms with Gasteiger partial charge in [-0.3, -0.25) is 9.59 Å². The van der Waals surface area contributed by atoms with E-state index in [4.69, 9.17) is 14.2 Å². The normalized spacial score (nSPS) is 45.8. The molecule has 5 rings (SSSR count). The fraction of sp³-hybridized carbons (Fsp3) is 0.926. The first-order valence-corrected chi connectivity index (χ1v) is 13.1. The molecule has 8 atom stereocenters. The molecule has 1 saturated heterocycles. The molecule has 0 aromatic heterocycles. The van der Waals surface area contributed by atoms with Crippen LogP contribution in [0.2, 0.25) is 0 Å². The molecule has 0 aromatic rings. The summed E-state index contributed by atoms with van der Waals surface area (Å²) in [5.74, 6) is 2.97. The van der Waals surface area contributed by atoms with Gasteiger partial charge in [0.05, 0.1) is 20.3 Å². The van der Waals surface area contributed by atoms with E-state index in [0.29, 0.717) is 60.4 Å². The second-order valence-corrected chi connectivity index (χ2v) is 12.2. The van der Waals surface area contributed by atoms with Crippen LogP contribution in [0.4, 0.5) is 0 Å². The average molecular weight is 447 g/mol. The Hall–Kier alpha value is -0.940. The third-order valence-corrected chi connectivity index (χ3v) is 11.1. The lowest BCUT2D eigenvalue weighted by Crippen LogP contribution is -2.59. The number of carbonyl (C=O) groups is 2. The van der Waals surface area contributed by atoms with Crippen LogP contribution in [0.15, 0.2) is 0 Å². The van der Waals surface area contributed by atoms with Crippen LogP contribution in [-0.4, -0.2) is 37.9 Å². The Balaban J connectivity index is 1.34. The monoisotopic (exact) mass is 446 g/mol. The van der Waals surface area contributed by atoms with Crippen LogP contribution >= 0.6 is 0 Å². The van der Waals surface area contributed by atoms with Crippen LogP contribution in [0, 0.1) is 46.3 Å². The van der Waals surface area contributed by atoms with Gasteiger partial charge in [-0.15, -0.1) is 0 Å². The average Bonchev–Trinajstić information content (AvgIpc) is 3.37. The zero-order valence-corrected chi connectivity index (χ0v) is 20.5. The van der Waals surface area contributed by atoms with Gasteiger partial charge >= 0.3 is 5.97 Å². The second kappa shape index (κ2) is 8.08. The Morgan fingerprint density at radius 1 is 1.06 bits per heavy atom. The lowest BCUT2D eigenvalue weighted by atomic mass is 9.44. The molecule has 0 N–H and O–H groups in total. The molecule has 32 heavy (non-hydrogen) atoms. The summed E-state index contributed by atoms with van der Waals surface area (Å²) in [6.07, 6.45) is 9.93. The Bertz CT molecular complexity index is 757. The minimum atomic E-state index is -0.483. The molecule has 1 spiro atoms. The number of esters is 1. The summed E-state index contributed by atoms with van der Waals surface area (Å²) in [5, 5.41) is 0. The second-order valence-electron chi connectivity index (χ2n) is 12.2. The number of carbonyl (C=O) groups excluding carboxylic acids is 2. The molecule has 0 bridgehead atoms. The summed E-state index contributed by atoms with van der Waals surface area (Å²) in [6, 6.07) is 0. The van der Waals surface area contributed by atoms with E-state index in [1.807, 2.05) is 0 Å². The van der Waals surface area contributed by atoms with Crippen LogP contribution in [0.25, 0.3) is 0 Å². The molecule has 0 radical (unpaired) electrons. The van der Waals surface area contributed by atoms with Crippen LogP contribution in [0.1, 0.15) is 85.0 Å². The first kappa shape index (κ1) is 22.8. The van der Waals surface area contributed by atoms with Gasteiger partial charge in [-0.1, -0.05) is 20.8 Å². The maximum atomic E-state index is 13.6. The standard InChI is InChI=1S/C27H42O5/c1-17(5-8-24(29)30-4)19-6-7-20-18-15-23(28)22-16-27(31-13-14-32-27)12-11-26(22,3)21(18)9-10-25(19,20)2/h17-22H,5-16H2,1-4H3/t17?,18?,19-,20?,21?,22-,25-,26-/m1/s1. The Morgan fingerprint density at radius 2 is 1.78 bits per heavy atom.